The lowest BCUT2D eigenvalue weighted by atomic mass is 9.71. The maximum Gasteiger partial charge on any atom is 0.240 e. The second-order valence-electron chi connectivity index (χ2n) is 8.34. The van der Waals surface area contributed by atoms with Crippen molar-refractivity contribution < 1.29 is 4.79 Å². The van der Waals surface area contributed by atoms with E-state index in [9.17, 15) is 4.79 Å². The fraction of sp³-hybridized carbons (Fsp3) is 0.850. The van der Waals surface area contributed by atoms with Crippen LogP contribution >= 0.6 is 0 Å². The summed E-state index contributed by atoms with van der Waals surface area (Å²) in [6, 6.07) is 0.858. The molecular weight excluding hydrogens is 284 g/mol. The Hall–Kier alpha value is -0.830. The van der Waals surface area contributed by atoms with Crippen molar-refractivity contribution in [2.75, 3.05) is 13.1 Å². The second-order valence-corrected chi connectivity index (χ2v) is 8.34. The van der Waals surface area contributed by atoms with Crippen molar-refractivity contribution in [2.45, 2.75) is 90.3 Å². The first-order chi connectivity index (χ1) is 11.0. The van der Waals surface area contributed by atoms with Gasteiger partial charge in [0.1, 0.15) is 0 Å². The van der Waals surface area contributed by atoms with Gasteiger partial charge in [-0.2, -0.15) is 0 Å². The summed E-state index contributed by atoms with van der Waals surface area (Å²) in [5.41, 5.74) is 0.445. The molecule has 0 aromatic carbocycles. The summed E-state index contributed by atoms with van der Waals surface area (Å²) in [6.45, 7) is 8.80. The van der Waals surface area contributed by atoms with Crippen LogP contribution in [0.4, 0.5) is 0 Å². The molecule has 1 amide bonds. The number of likely N-dealkylation sites (tertiary alicyclic amines) is 2. The number of carbonyl (C=O) groups is 1. The molecular formula is C20H34N2O. The summed E-state index contributed by atoms with van der Waals surface area (Å²) in [7, 11) is 0. The molecule has 0 aromatic rings. The molecule has 4 atom stereocenters. The number of carbonyl (C=O) groups excluding carboxylic acids is 1. The predicted molar refractivity (Wildman–Crippen MR) is 95.3 cm³/mol. The first kappa shape index (κ1) is 17.0. The van der Waals surface area contributed by atoms with E-state index in [2.05, 4.69) is 42.7 Å². The third-order valence-electron chi connectivity index (χ3n) is 6.60. The van der Waals surface area contributed by atoms with Crippen LogP contribution in [-0.2, 0) is 4.79 Å². The van der Waals surface area contributed by atoms with E-state index in [0.717, 1.165) is 25.9 Å². The first-order valence-electron chi connectivity index (χ1n) is 9.74. The highest BCUT2D eigenvalue weighted by atomic mass is 16.2. The fourth-order valence-electron chi connectivity index (χ4n) is 5.12. The van der Waals surface area contributed by atoms with Crippen molar-refractivity contribution in [2.24, 2.45) is 5.41 Å². The van der Waals surface area contributed by atoms with Crippen molar-refractivity contribution in [1.82, 2.24) is 9.80 Å². The third-order valence-corrected chi connectivity index (χ3v) is 6.60. The van der Waals surface area contributed by atoms with Gasteiger partial charge in [0.05, 0.1) is 6.04 Å². The number of amides is 1. The summed E-state index contributed by atoms with van der Waals surface area (Å²) in [5, 5.41) is 0. The Labute approximate surface area is 142 Å². The molecule has 0 saturated carbocycles. The van der Waals surface area contributed by atoms with Crippen LogP contribution in [0.5, 0.6) is 0 Å². The van der Waals surface area contributed by atoms with Crippen LogP contribution in [0.1, 0.15) is 72.1 Å². The minimum absolute atomic E-state index is 0.0427. The smallest absolute Gasteiger partial charge is 0.240 e. The normalized spacial score (nSPS) is 37.1. The van der Waals surface area contributed by atoms with Gasteiger partial charge in [-0.25, -0.2) is 0 Å². The molecule has 3 heteroatoms. The SMILES string of the molecule is C[C@H](C(=O)N1[C@H](C)CCC[C@@H]1C)N1CCC[C@]2(CC=CCC2)C1. The Balaban J connectivity index is 1.68. The second kappa shape index (κ2) is 6.96. The van der Waals surface area contributed by atoms with Crippen LogP contribution in [0.15, 0.2) is 12.2 Å². The zero-order valence-corrected chi connectivity index (χ0v) is 15.3. The largest absolute Gasteiger partial charge is 0.336 e. The lowest BCUT2D eigenvalue weighted by Crippen LogP contribution is -2.57. The maximum atomic E-state index is 13.2. The van der Waals surface area contributed by atoms with Gasteiger partial charge in [0, 0.05) is 18.6 Å². The first-order valence-corrected chi connectivity index (χ1v) is 9.74. The third kappa shape index (κ3) is 3.50. The Bertz CT molecular complexity index is 451. The van der Waals surface area contributed by atoms with Crippen molar-refractivity contribution in [1.29, 1.82) is 0 Å². The fourth-order valence-corrected chi connectivity index (χ4v) is 5.12. The topological polar surface area (TPSA) is 23.6 Å². The molecule has 0 radical (unpaired) electrons. The minimum Gasteiger partial charge on any atom is -0.336 e. The van der Waals surface area contributed by atoms with Crippen LogP contribution < -0.4 is 0 Å². The molecule has 0 unspecified atom stereocenters. The van der Waals surface area contributed by atoms with Crippen LogP contribution in [0.3, 0.4) is 0 Å². The zero-order valence-electron chi connectivity index (χ0n) is 15.3. The molecule has 2 fully saturated rings. The molecule has 23 heavy (non-hydrogen) atoms. The lowest BCUT2D eigenvalue weighted by Gasteiger charge is -2.48. The van der Waals surface area contributed by atoms with Gasteiger partial charge in [-0.3, -0.25) is 9.69 Å². The predicted octanol–water partition coefficient (Wildman–Crippen LogP) is 3.99. The van der Waals surface area contributed by atoms with E-state index in [1.807, 2.05) is 0 Å². The average molecular weight is 319 g/mol. The van der Waals surface area contributed by atoms with E-state index in [0.29, 0.717) is 23.4 Å². The van der Waals surface area contributed by atoms with Gasteiger partial charge in [-0.05, 0) is 84.1 Å². The van der Waals surface area contributed by atoms with Gasteiger partial charge in [0.2, 0.25) is 5.91 Å². The van der Waals surface area contributed by atoms with Crippen molar-refractivity contribution >= 4 is 5.91 Å². The lowest BCUT2D eigenvalue weighted by molar-refractivity contribution is -0.144. The van der Waals surface area contributed by atoms with Gasteiger partial charge in [-0.1, -0.05) is 12.2 Å². The minimum atomic E-state index is 0.0427. The molecule has 2 heterocycles. The number of piperidine rings is 2. The zero-order chi connectivity index (χ0) is 16.4. The molecule has 0 aromatic heterocycles. The van der Waals surface area contributed by atoms with Crippen LogP contribution in [-0.4, -0.2) is 46.9 Å². The molecule has 3 rings (SSSR count). The van der Waals surface area contributed by atoms with Crippen molar-refractivity contribution in [3.63, 3.8) is 0 Å². The van der Waals surface area contributed by atoms with Crippen LogP contribution in [0, 0.1) is 5.41 Å². The summed E-state index contributed by atoms with van der Waals surface area (Å²) in [6.07, 6.45) is 14.6. The maximum absolute atomic E-state index is 13.2. The molecule has 0 bridgehead atoms. The van der Waals surface area contributed by atoms with Crippen molar-refractivity contribution in [3.8, 4) is 0 Å². The van der Waals surface area contributed by atoms with E-state index < -0.39 is 0 Å². The van der Waals surface area contributed by atoms with Gasteiger partial charge in [-0.15, -0.1) is 0 Å². The van der Waals surface area contributed by atoms with Gasteiger partial charge >= 0.3 is 0 Å². The van der Waals surface area contributed by atoms with Crippen LogP contribution in [0.25, 0.3) is 0 Å². The highest BCUT2D eigenvalue weighted by molar-refractivity contribution is 5.82. The Morgan fingerprint density at radius 2 is 1.87 bits per heavy atom. The quantitative estimate of drug-likeness (QED) is 0.719. The molecule has 1 spiro atoms. The number of nitrogens with zero attached hydrogens (tertiary/aromatic N) is 2. The molecule has 130 valence electrons. The molecule has 3 nitrogen and oxygen atoms in total. The van der Waals surface area contributed by atoms with Crippen molar-refractivity contribution in [3.05, 3.63) is 12.2 Å². The van der Waals surface area contributed by atoms with Gasteiger partial charge < -0.3 is 4.90 Å². The van der Waals surface area contributed by atoms with Crippen LogP contribution in [0.2, 0.25) is 0 Å². The highest BCUT2D eigenvalue weighted by Crippen LogP contribution is 2.41. The Kier molecular flexibility index (Phi) is 5.15. The number of rotatable bonds is 2. The molecule has 0 N–H and O–H groups in total. The number of hydrogen-bond donors (Lipinski definition) is 0. The van der Waals surface area contributed by atoms with E-state index >= 15 is 0 Å². The monoisotopic (exact) mass is 318 g/mol. The number of allylic oxidation sites excluding steroid dienone is 2. The molecule has 3 aliphatic rings. The molecule has 2 aliphatic heterocycles. The molecule has 2 saturated heterocycles. The Morgan fingerprint density at radius 3 is 2.52 bits per heavy atom. The summed E-state index contributed by atoms with van der Waals surface area (Å²) in [4.78, 5) is 17.8. The Morgan fingerprint density at radius 1 is 1.13 bits per heavy atom. The highest BCUT2D eigenvalue weighted by Gasteiger charge is 2.40. The van der Waals surface area contributed by atoms with E-state index in [1.165, 1.54) is 38.5 Å². The average Bonchev–Trinajstić information content (AvgIpc) is 2.54. The number of hydrogen-bond acceptors (Lipinski definition) is 2. The summed E-state index contributed by atoms with van der Waals surface area (Å²) in [5.74, 6) is 0.369. The summed E-state index contributed by atoms with van der Waals surface area (Å²) >= 11 is 0. The molecule has 1 aliphatic carbocycles. The van der Waals surface area contributed by atoms with Gasteiger partial charge in [0.25, 0.3) is 0 Å². The van der Waals surface area contributed by atoms with E-state index in [1.54, 1.807) is 0 Å². The van der Waals surface area contributed by atoms with Gasteiger partial charge in [0.15, 0.2) is 0 Å². The summed E-state index contributed by atoms with van der Waals surface area (Å²) < 4.78 is 0. The van der Waals surface area contributed by atoms with E-state index in [4.69, 9.17) is 0 Å². The standard InChI is InChI=1S/C20H34N2O/c1-16-9-7-10-17(2)22(16)19(23)18(3)21-14-8-13-20(15-21)11-5-4-6-12-20/h4-5,16-18H,6-15H2,1-3H3/t16-,17+,18-,20-/m1/s1. The van der Waals surface area contributed by atoms with E-state index in [-0.39, 0.29) is 6.04 Å².